The van der Waals surface area contributed by atoms with E-state index in [1.54, 1.807) is 13.1 Å². The fourth-order valence-corrected chi connectivity index (χ4v) is 1.82. The molecule has 0 aromatic carbocycles. The Morgan fingerprint density at radius 2 is 2.41 bits per heavy atom. The van der Waals surface area contributed by atoms with E-state index in [9.17, 15) is 9.59 Å². The minimum atomic E-state index is -0.633. The van der Waals surface area contributed by atoms with Crippen molar-refractivity contribution in [2.24, 2.45) is 5.41 Å². The summed E-state index contributed by atoms with van der Waals surface area (Å²) in [5, 5.41) is 5.48. The highest BCUT2D eigenvalue weighted by Gasteiger charge is 2.40. The van der Waals surface area contributed by atoms with Gasteiger partial charge in [0.25, 0.3) is 0 Å². The standard InChI is InChI=1S/C12H15N3O2/c1-12(6-10(16)15-8-12)11(17)14-7-9-4-2-3-5-13-9/h2-5H,6-8H2,1H3,(H,14,17)(H,15,16). The van der Waals surface area contributed by atoms with Crippen molar-refractivity contribution in [2.45, 2.75) is 19.9 Å². The maximum atomic E-state index is 12.0. The van der Waals surface area contributed by atoms with Crippen LogP contribution in [0.4, 0.5) is 0 Å². The summed E-state index contributed by atoms with van der Waals surface area (Å²) in [6.45, 7) is 2.59. The number of pyridine rings is 1. The average Bonchev–Trinajstić information content (AvgIpc) is 2.69. The Morgan fingerprint density at radius 3 is 3.00 bits per heavy atom. The molecule has 0 bridgehead atoms. The maximum Gasteiger partial charge on any atom is 0.228 e. The summed E-state index contributed by atoms with van der Waals surface area (Å²) in [4.78, 5) is 27.2. The summed E-state index contributed by atoms with van der Waals surface area (Å²) in [5.41, 5.74) is 0.174. The molecule has 2 heterocycles. The van der Waals surface area contributed by atoms with E-state index in [4.69, 9.17) is 0 Å². The predicted octanol–water partition coefficient (Wildman–Crippen LogP) is 0.224. The number of hydrogen-bond donors (Lipinski definition) is 2. The van der Waals surface area contributed by atoms with Gasteiger partial charge in [0.1, 0.15) is 0 Å². The highest BCUT2D eigenvalue weighted by molar-refractivity contribution is 5.92. The fraction of sp³-hybridized carbons (Fsp3) is 0.417. The molecule has 0 saturated carbocycles. The van der Waals surface area contributed by atoms with Crippen molar-refractivity contribution in [1.82, 2.24) is 15.6 Å². The summed E-state index contributed by atoms with van der Waals surface area (Å²) in [6, 6.07) is 5.55. The molecular weight excluding hydrogens is 218 g/mol. The molecule has 2 amide bonds. The first-order chi connectivity index (χ1) is 8.10. The van der Waals surface area contributed by atoms with Crippen molar-refractivity contribution < 1.29 is 9.59 Å². The van der Waals surface area contributed by atoms with E-state index < -0.39 is 5.41 Å². The van der Waals surface area contributed by atoms with Crippen LogP contribution >= 0.6 is 0 Å². The molecule has 1 saturated heterocycles. The summed E-state index contributed by atoms with van der Waals surface area (Å²) in [5.74, 6) is -0.179. The zero-order valence-corrected chi connectivity index (χ0v) is 9.69. The van der Waals surface area contributed by atoms with Gasteiger partial charge in [-0.1, -0.05) is 6.07 Å². The molecule has 0 aliphatic carbocycles. The first kappa shape index (κ1) is 11.6. The topological polar surface area (TPSA) is 71.1 Å². The Labute approximate surface area is 99.6 Å². The van der Waals surface area contributed by atoms with E-state index in [2.05, 4.69) is 15.6 Å². The number of amides is 2. The average molecular weight is 233 g/mol. The van der Waals surface area contributed by atoms with Crippen LogP contribution in [0.1, 0.15) is 19.0 Å². The Balaban J connectivity index is 1.92. The normalized spacial score (nSPS) is 23.2. The smallest absolute Gasteiger partial charge is 0.228 e. The van der Waals surface area contributed by atoms with Crippen LogP contribution in [-0.4, -0.2) is 23.3 Å². The van der Waals surface area contributed by atoms with E-state index in [1.165, 1.54) is 0 Å². The largest absolute Gasteiger partial charge is 0.355 e. The van der Waals surface area contributed by atoms with Gasteiger partial charge in [0.05, 0.1) is 17.7 Å². The van der Waals surface area contributed by atoms with E-state index in [1.807, 2.05) is 18.2 Å². The SMILES string of the molecule is CC1(C(=O)NCc2ccccn2)CNC(=O)C1. The summed E-state index contributed by atoms with van der Waals surface area (Å²) in [7, 11) is 0. The van der Waals surface area contributed by atoms with Crippen LogP contribution in [0.3, 0.4) is 0 Å². The molecule has 90 valence electrons. The Kier molecular flexibility index (Phi) is 3.08. The van der Waals surface area contributed by atoms with Crippen molar-refractivity contribution in [3.8, 4) is 0 Å². The second kappa shape index (κ2) is 4.53. The van der Waals surface area contributed by atoms with Gasteiger partial charge in [0.2, 0.25) is 11.8 Å². The lowest BCUT2D eigenvalue weighted by atomic mass is 9.88. The Bertz CT molecular complexity index is 433. The van der Waals surface area contributed by atoms with Crippen LogP contribution in [0.5, 0.6) is 0 Å². The lowest BCUT2D eigenvalue weighted by Crippen LogP contribution is -2.40. The first-order valence-corrected chi connectivity index (χ1v) is 5.55. The number of nitrogens with one attached hydrogen (secondary N) is 2. The van der Waals surface area contributed by atoms with Gasteiger partial charge >= 0.3 is 0 Å². The van der Waals surface area contributed by atoms with Gasteiger partial charge in [0.15, 0.2) is 0 Å². The van der Waals surface area contributed by atoms with Gasteiger partial charge in [0, 0.05) is 19.2 Å². The first-order valence-electron chi connectivity index (χ1n) is 5.55. The molecular formula is C12H15N3O2. The predicted molar refractivity (Wildman–Crippen MR) is 61.8 cm³/mol. The van der Waals surface area contributed by atoms with Gasteiger partial charge < -0.3 is 10.6 Å². The molecule has 1 fully saturated rings. The summed E-state index contributed by atoms with van der Waals surface area (Å²) >= 11 is 0. The second-order valence-corrected chi connectivity index (χ2v) is 4.52. The summed E-state index contributed by atoms with van der Waals surface area (Å²) in [6.07, 6.45) is 1.94. The van der Waals surface area contributed by atoms with Crippen molar-refractivity contribution in [3.63, 3.8) is 0 Å². The molecule has 5 nitrogen and oxygen atoms in total. The van der Waals surface area contributed by atoms with Gasteiger partial charge in [-0.2, -0.15) is 0 Å². The molecule has 2 rings (SSSR count). The fourth-order valence-electron chi connectivity index (χ4n) is 1.82. The van der Waals surface area contributed by atoms with Gasteiger partial charge in [-0.25, -0.2) is 0 Å². The van der Waals surface area contributed by atoms with Gasteiger partial charge in [-0.3, -0.25) is 14.6 Å². The van der Waals surface area contributed by atoms with Crippen LogP contribution in [0, 0.1) is 5.41 Å². The zero-order chi connectivity index (χ0) is 12.3. The monoisotopic (exact) mass is 233 g/mol. The van der Waals surface area contributed by atoms with Crippen LogP contribution in [-0.2, 0) is 16.1 Å². The molecule has 1 aromatic rings. The van der Waals surface area contributed by atoms with Crippen LogP contribution in [0.25, 0.3) is 0 Å². The van der Waals surface area contributed by atoms with E-state index >= 15 is 0 Å². The Morgan fingerprint density at radius 1 is 1.59 bits per heavy atom. The molecule has 0 radical (unpaired) electrons. The number of carbonyl (C=O) groups is 2. The van der Waals surface area contributed by atoms with Crippen molar-refractivity contribution in [3.05, 3.63) is 30.1 Å². The van der Waals surface area contributed by atoms with Gasteiger partial charge in [-0.15, -0.1) is 0 Å². The van der Waals surface area contributed by atoms with E-state index in [-0.39, 0.29) is 18.2 Å². The van der Waals surface area contributed by atoms with Gasteiger partial charge in [-0.05, 0) is 19.1 Å². The molecule has 17 heavy (non-hydrogen) atoms. The zero-order valence-electron chi connectivity index (χ0n) is 9.69. The van der Waals surface area contributed by atoms with E-state index in [0.29, 0.717) is 13.1 Å². The minimum Gasteiger partial charge on any atom is -0.355 e. The highest BCUT2D eigenvalue weighted by Crippen LogP contribution is 2.25. The third kappa shape index (κ3) is 2.61. The number of carbonyl (C=O) groups excluding carboxylic acids is 2. The van der Waals surface area contributed by atoms with Crippen LogP contribution in [0.2, 0.25) is 0 Å². The highest BCUT2D eigenvalue weighted by atomic mass is 16.2. The molecule has 1 aliphatic rings. The van der Waals surface area contributed by atoms with Crippen molar-refractivity contribution in [2.75, 3.05) is 6.54 Å². The lowest BCUT2D eigenvalue weighted by molar-refractivity contribution is -0.131. The number of rotatable bonds is 3. The number of nitrogens with zero attached hydrogens (tertiary/aromatic N) is 1. The summed E-state index contributed by atoms with van der Waals surface area (Å²) < 4.78 is 0. The number of hydrogen-bond acceptors (Lipinski definition) is 3. The molecule has 1 atom stereocenters. The second-order valence-electron chi connectivity index (χ2n) is 4.52. The number of aromatic nitrogens is 1. The van der Waals surface area contributed by atoms with E-state index in [0.717, 1.165) is 5.69 Å². The molecule has 5 heteroatoms. The third-order valence-electron chi connectivity index (χ3n) is 2.93. The molecule has 1 unspecified atom stereocenters. The molecule has 1 aromatic heterocycles. The maximum absolute atomic E-state index is 12.0. The minimum absolute atomic E-state index is 0.0690. The molecule has 0 spiro atoms. The Hall–Kier alpha value is -1.91. The third-order valence-corrected chi connectivity index (χ3v) is 2.93. The van der Waals surface area contributed by atoms with Crippen LogP contribution < -0.4 is 10.6 Å². The van der Waals surface area contributed by atoms with Crippen molar-refractivity contribution >= 4 is 11.8 Å². The van der Waals surface area contributed by atoms with Crippen LogP contribution in [0.15, 0.2) is 24.4 Å². The lowest BCUT2D eigenvalue weighted by Gasteiger charge is -2.20. The molecule has 2 N–H and O–H groups in total. The quantitative estimate of drug-likeness (QED) is 0.784. The van der Waals surface area contributed by atoms with Crippen molar-refractivity contribution in [1.29, 1.82) is 0 Å². The molecule has 1 aliphatic heterocycles.